The number of anilines is 1. The molecule has 1 aliphatic heterocycles. The standard InChI is InChI=1S/C21H26ClN3O3S/c1-29(27,28)24-20-5-3-2-4-18(20)16-10-12-25(13-11-16)21(26)19(23)14-15-6-8-17(22)9-7-15/h2-9,16,19,24H,10-14,23H2,1H3. The second-order valence-electron chi connectivity index (χ2n) is 7.50. The van der Waals surface area contributed by atoms with Gasteiger partial charge >= 0.3 is 0 Å². The lowest BCUT2D eigenvalue weighted by Gasteiger charge is -2.34. The zero-order valence-corrected chi connectivity index (χ0v) is 17.9. The third kappa shape index (κ3) is 5.95. The number of hydrogen-bond acceptors (Lipinski definition) is 4. The Morgan fingerprint density at radius 1 is 1.17 bits per heavy atom. The highest BCUT2D eigenvalue weighted by Gasteiger charge is 2.28. The predicted molar refractivity (Wildman–Crippen MR) is 117 cm³/mol. The summed E-state index contributed by atoms with van der Waals surface area (Å²) >= 11 is 5.90. The van der Waals surface area contributed by atoms with Gasteiger partial charge < -0.3 is 10.6 Å². The zero-order chi connectivity index (χ0) is 21.0. The summed E-state index contributed by atoms with van der Waals surface area (Å²) in [6.45, 7) is 1.20. The summed E-state index contributed by atoms with van der Waals surface area (Å²) < 4.78 is 25.9. The van der Waals surface area contributed by atoms with Gasteiger partial charge in [0.15, 0.2) is 0 Å². The quantitative estimate of drug-likeness (QED) is 0.729. The number of rotatable bonds is 6. The number of nitrogens with two attached hydrogens (primary N) is 1. The number of amides is 1. The van der Waals surface area contributed by atoms with E-state index in [1.807, 2.05) is 35.2 Å². The number of hydrogen-bond donors (Lipinski definition) is 2. The lowest BCUT2D eigenvalue weighted by Crippen LogP contribution is -2.47. The molecule has 3 N–H and O–H groups in total. The summed E-state index contributed by atoms with van der Waals surface area (Å²) in [5, 5.41) is 0.654. The molecule has 1 unspecified atom stereocenters. The number of likely N-dealkylation sites (tertiary alicyclic amines) is 1. The van der Waals surface area contributed by atoms with E-state index in [2.05, 4.69) is 4.72 Å². The van der Waals surface area contributed by atoms with Crippen molar-refractivity contribution in [3.05, 3.63) is 64.7 Å². The molecule has 0 aliphatic carbocycles. The average Bonchev–Trinajstić information content (AvgIpc) is 2.68. The molecule has 8 heteroatoms. The first kappa shape index (κ1) is 21.6. The van der Waals surface area contributed by atoms with Crippen molar-refractivity contribution in [2.24, 2.45) is 5.73 Å². The Labute approximate surface area is 177 Å². The normalized spacial score (nSPS) is 16.4. The number of carbonyl (C=O) groups excluding carboxylic acids is 1. The molecule has 0 spiro atoms. The maximum atomic E-state index is 12.8. The minimum atomic E-state index is -3.35. The van der Waals surface area contributed by atoms with Gasteiger partial charge in [0.2, 0.25) is 15.9 Å². The minimum absolute atomic E-state index is 0.0547. The highest BCUT2D eigenvalue weighted by Crippen LogP contribution is 2.33. The molecule has 3 rings (SSSR count). The molecular weight excluding hydrogens is 410 g/mol. The van der Waals surface area contributed by atoms with Crippen LogP contribution in [0.1, 0.15) is 29.9 Å². The van der Waals surface area contributed by atoms with Crippen molar-refractivity contribution < 1.29 is 13.2 Å². The monoisotopic (exact) mass is 435 g/mol. The van der Waals surface area contributed by atoms with Crippen LogP contribution in [0.4, 0.5) is 5.69 Å². The smallest absolute Gasteiger partial charge is 0.239 e. The van der Waals surface area contributed by atoms with Gasteiger partial charge in [0.1, 0.15) is 0 Å². The number of piperidine rings is 1. The molecule has 156 valence electrons. The zero-order valence-electron chi connectivity index (χ0n) is 16.3. The van der Waals surface area contributed by atoms with Crippen molar-refractivity contribution in [3.8, 4) is 0 Å². The van der Waals surface area contributed by atoms with Gasteiger partial charge in [0.05, 0.1) is 18.0 Å². The Morgan fingerprint density at radius 3 is 2.41 bits per heavy atom. The molecule has 0 saturated carbocycles. The number of para-hydroxylation sites is 1. The molecule has 1 heterocycles. The summed E-state index contributed by atoms with van der Waals surface area (Å²) in [5.41, 5.74) is 8.71. The van der Waals surface area contributed by atoms with Crippen molar-refractivity contribution in [3.63, 3.8) is 0 Å². The molecule has 0 aromatic heterocycles. The van der Waals surface area contributed by atoms with Gasteiger partial charge in [-0.3, -0.25) is 9.52 Å². The van der Waals surface area contributed by atoms with Gasteiger partial charge in [-0.1, -0.05) is 41.9 Å². The molecule has 1 aliphatic rings. The Morgan fingerprint density at radius 2 is 1.79 bits per heavy atom. The topological polar surface area (TPSA) is 92.5 Å². The van der Waals surface area contributed by atoms with Crippen LogP contribution in [0, 0.1) is 0 Å². The van der Waals surface area contributed by atoms with Crippen molar-refractivity contribution in [2.45, 2.75) is 31.2 Å². The van der Waals surface area contributed by atoms with Crippen LogP contribution in [-0.2, 0) is 21.2 Å². The Bertz CT molecular complexity index is 955. The molecule has 1 fully saturated rings. The average molecular weight is 436 g/mol. The van der Waals surface area contributed by atoms with Crippen LogP contribution >= 0.6 is 11.6 Å². The molecule has 1 atom stereocenters. The van der Waals surface area contributed by atoms with E-state index in [-0.39, 0.29) is 11.8 Å². The largest absolute Gasteiger partial charge is 0.341 e. The highest BCUT2D eigenvalue weighted by atomic mass is 35.5. The SMILES string of the molecule is CS(=O)(=O)Nc1ccccc1C1CCN(C(=O)C(N)Cc2ccc(Cl)cc2)CC1. The number of sulfonamides is 1. The number of benzene rings is 2. The number of halogens is 1. The van der Waals surface area contributed by atoms with Crippen LogP contribution in [0.15, 0.2) is 48.5 Å². The molecule has 6 nitrogen and oxygen atoms in total. The number of nitrogens with one attached hydrogen (secondary N) is 1. The van der Waals surface area contributed by atoms with Crippen LogP contribution in [0.3, 0.4) is 0 Å². The first-order valence-electron chi connectivity index (χ1n) is 9.58. The van der Waals surface area contributed by atoms with Crippen LogP contribution in [0.25, 0.3) is 0 Å². The van der Waals surface area contributed by atoms with E-state index in [0.29, 0.717) is 30.2 Å². The second-order valence-corrected chi connectivity index (χ2v) is 9.68. The molecule has 1 amide bonds. The fraction of sp³-hybridized carbons (Fsp3) is 0.381. The van der Waals surface area contributed by atoms with Gasteiger partial charge in [-0.15, -0.1) is 0 Å². The van der Waals surface area contributed by atoms with Crippen LogP contribution < -0.4 is 10.5 Å². The van der Waals surface area contributed by atoms with E-state index < -0.39 is 16.1 Å². The molecule has 0 bridgehead atoms. The maximum Gasteiger partial charge on any atom is 0.239 e. The first-order chi connectivity index (χ1) is 13.7. The third-order valence-electron chi connectivity index (χ3n) is 5.19. The summed E-state index contributed by atoms with van der Waals surface area (Å²) in [4.78, 5) is 14.6. The van der Waals surface area contributed by atoms with Gasteiger partial charge in [-0.25, -0.2) is 8.42 Å². The van der Waals surface area contributed by atoms with Crippen LogP contribution in [-0.4, -0.2) is 44.6 Å². The van der Waals surface area contributed by atoms with Gasteiger partial charge in [0, 0.05) is 18.1 Å². The fourth-order valence-electron chi connectivity index (χ4n) is 3.75. The van der Waals surface area contributed by atoms with Crippen LogP contribution in [0.2, 0.25) is 5.02 Å². The molecule has 1 saturated heterocycles. The molecular formula is C21H26ClN3O3S. The van der Waals surface area contributed by atoms with E-state index in [9.17, 15) is 13.2 Å². The number of nitrogens with zero attached hydrogens (tertiary/aromatic N) is 1. The highest BCUT2D eigenvalue weighted by molar-refractivity contribution is 7.92. The Hall–Kier alpha value is -2.09. The third-order valence-corrected chi connectivity index (χ3v) is 6.03. The van der Waals surface area contributed by atoms with Crippen molar-refractivity contribution in [1.29, 1.82) is 0 Å². The molecule has 2 aromatic carbocycles. The summed E-state index contributed by atoms with van der Waals surface area (Å²) in [5.74, 6) is 0.137. The summed E-state index contributed by atoms with van der Waals surface area (Å²) in [6, 6.07) is 14.2. The molecule has 0 radical (unpaired) electrons. The molecule has 2 aromatic rings. The van der Waals surface area contributed by atoms with Crippen molar-refractivity contribution in [2.75, 3.05) is 24.1 Å². The predicted octanol–water partition coefficient (Wildman–Crippen LogP) is 2.99. The summed E-state index contributed by atoms with van der Waals surface area (Å²) in [6.07, 6.45) is 3.15. The Kier molecular flexibility index (Phi) is 6.82. The van der Waals surface area contributed by atoms with E-state index >= 15 is 0 Å². The summed E-state index contributed by atoms with van der Waals surface area (Å²) in [7, 11) is -3.35. The van der Waals surface area contributed by atoms with E-state index in [1.54, 1.807) is 18.2 Å². The van der Waals surface area contributed by atoms with Crippen LogP contribution in [0.5, 0.6) is 0 Å². The van der Waals surface area contributed by atoms with E-state index in [0.717, 1.165) is 30.2 Å². The molecule has 29 heavy (non-hydrogen) atoms. The first-order valence-corrected chi connectivity index (χ1v) is 11.9. The van der Waals surface area contributed by atoms with Crippen molar-refractivity contribution in [1.82, 2.24) is 4.90 Å². The van der Waals surface area contributed by atoms with E-state index in [1.165, 1.54) is 0 Å². The lowest BCUT2D eigenvalue weighted by molar-refractivity contribution is -0.133. The fourth-order valence-corrected chi connectivity index (χ4v) is 4.46. The lowest BCUT2D eigenvalue weighted by atomic mass is 9.88. The van der Waals surface area contributed by atoms with Gasteiger partial charge in [-0.05, 0) is 54.5 Å². The second kappa shape index (κ2) is 9.15. The number of carbonyl (C=O) groups is 1. The minimum Gasteiger partial charge on any atom is -0.341 e. The van der Waals surface area contributed by atoms with Crippen molar-refractivity contribution >= 4 is 33.2 Å². The van der Waals surface area contributed by atoms with Gasteiger partial charge in [-0.2, -0.15) is 0 Å². The Balaban J connectivity index is 1.60. The van der Waals surface area contributed by atoms with E-state index in [4.69, 9.17) is 17.3 Å². The van der Waals surface area contributed by atoms with Gasteiger partial charge in [0.25, 0.3) is 0 Å². The maximum absolute atomic E-state index is 12.8.